The molecule has 1 aliphatic heterocycles. The molecule has 0 bridgehead atoms. The van der Waals surface area contributed by atoms with Gasteiger partial charge in [0.05, 0.1) is 23.6 Å². The Morgan fingerprint density at radius 2 is 1.76 bits per heavy atom. The van der Waals surface area contributed by atoms with E-state index in [9.17, 15) is 0 Å². The molecule has 0 aliphatic carbocycles. The van der Waals surface area contributed by atoms with Gasteiger partial charge in [0.25, 0.3) is 0 Å². The van der Waals surface area contributed by atoms with Gasteiger partial charge in [-0.25, -0.2) is 0 Å². The summed E-state index contributed by atoms with van der Waals surface area (Å²) in [4.78, 5) is 4.74. The van der Waals surface area contributed by atoms with Gasteiger partial charge in [0.2, 0.25) is 0 Å². The molecular formula is C28H43N5S. The number of nitrogens with zero attached hydrogens (tertiary/aromatic N) is 3. The Morgan fingerprint density at radius 1 is 1.06 bits per heavy atom. The van der Waals surface area contributed by atoms with Crippen LogP contribution in [-0.4, -0.2) is 50.9 Å². The first-order chi connectivity index (χ1) is 16.2. The maximum Gasteiger partial charge on any atom is 0.0773 e. The summed E-state index contributed by atoms with van der Waals surface area (Å²) in [5.41, 5.74) is 13.9. The smallest absolute Gasteiger partial charge is 0.0773 e. The number of nitrogens with one attached hydrogen (secondary N) is 2. The van der Waals surface area contributed by atoms with Crippen LogP contribution in [0.2, 0.25) is 0 Å². The van der Waals surface area contributed by atoms with E-state index in [-0.39, 0.29) is 0 Å². The van der Waals surface area contributed by atoms with Crippen molar-refractivity contribution in [1.29, 1.82) is 0 Å². The fourth-order valence-corrected chi connectivity index (χ4v) is 4.86. The van der Waals surface area contributed by atoms with Crippen molar-refractivity contribution < 1.29 is 0 Å². The second kappa shape index (κ2) is 11.6. The van der Waals surface area contributed by atoms with Crippen molar-refractivity contribution in [3.05, 3.63) is 72.6 Å². The number of rotatable bonds is 11. The van der Waals surface area contributed by atoms with Gasteiger partial charge in [0.15, 0.2) is 0 Å². The molecule has 1 heterocycles. The van der Waals surface area contributed by atoms with Gasteiger partial charge in [0.1, 0.15) is 0 Å². The summed E-state index contributed by atoms with van der Waals surface area (Å²) in [5.74, 6) is 0. The van der Waals surface area contributed by atoms with Gasteiger partial charge in [0, 0.05) is 37.7 Å². The summed E-state index contributed by atoms with van der Waals surface area (Å²) in [5, 5.41) is 0. The van der Waals surface area contributed by atoms with Crippen molar-refractivity contribution in [2.24, 2.45) is 0 Å². The topological polar surface area (TPSA) is 33.8 Å². The van der Waals surface area contributed by atoms with Crippen molar-refractivity contribution in [3.8, 4) is 0 Å². The van der Waals surface area contributed by atoms with Crippen LogP contribution in [0, 0.1) is 0 Å². The van der Waals surface area contributed by atoms with Crippen molar-refractivity contribution in [2.45, 2.75) is 32.6 Å². The second-order valence-electron chi connectivity index (χ2n) is 9.75. The van der Waals surface area contributed by atoms with E-state index in [0.717, 1.165) is 49.4 Å². The third-order valence-corrected chi connectivity index (χ3v) is 8.21. The van der Waals surface area contributed by atoms with Crippen LogP contribution in [0.5, 0.6) is 0 Å². The highest BCUT2D eigenvalue weighted by atomic mass is 32.3. The molecule has 1 saturated heterocycles. The lowest BCUT2D eigenvalue weighted by atomic mass is 10.2. The Kier molecular flexibility index (Phi) is 8.84. The van der Waals surface area contributed by atoms with Crippen LogP contribution < -0.4 is 20.1 Å². The van der Waals surface area contributed by atoms with E-state index in [2.05, 4.69) is 126 Å². The fourth-order valence-electron chi connectivity index (χ4n) is 4.10. The van der Waals surface area contributed by atoms with E-state index in [1.807, 2.05) is 0 Å². The zero-order chi connectivity index (χ0) is 24.7. The lowest BCUT2D eigenvalue weighted by Crippen LogP contribution is -2.29. The van der Waals surface area contributed by atoms with E-state index in [1.54, 1.807) is 0 Å². The van der Waals surface area contributed by atoms with Gasteiger partial charge in [-0.15, -0.1) is 0 Å². The summed E-state index contributed by atoms with van der Waals surface area (Å²) in [6, 6.07) is 17.1. The van der Waals surface area contributed by atoms with E-state index in [4.69, 9.17) is 0 Å². The molecule has 0 aromatic heterocycles. The van der Waals surface area contributed by atoms with Crippen LogP contribution in [0.1, 0.15) is 32.6 Å². The van der Waals surface area contributed by atoms with Gasteiger partial charge in [-0.2, -0.15) is 10.2 Å². The molecule has 1 aliphatic rings. The molecule has 0 spiro atoms. The highest BCUT2D eigenvalue weighted by Gasteiger charge is 2.20. The molecule has 2 aromatic carbocycles. The zero-order valence-corrected chi connectivity index (χ0v) is 22.7. The average Bonchev–Trinajstić information content (AvgIpc) is 3.25. The Morgan fingerprint density at radius 3 is 2.38 bits per heavy atom. The van der Waals surface area contributed by atoms with Gasteiger partial charge in [-0.1, -0.05) is 38.1 Å². The Hall–Kier alpha value is -2.73. The molecule has 0 saturated carbocycles. The third kappa shape index (κ3) is 6.66. The number of hydrogen-bond acceptors (Lipinski definition) is 5. The summed E-state index contributed by atoms with van der Waals surface area (Å²) in [6.07, 6.45) is 13.8. The predicted molar refractivity (Wildman–Crippen MR) is 155 cm³/mol. The minimum Gasteiger partial charge on any atom is -0.367 e. The molecule has 34 heavy (non-hydrogen) atoms. The molecule has 0 radical (unpaired) electrons. The molecule has 6 heteroatoms. The zero-order valence-electron chi connectivity index (χ0n) is 21.9. The molecule has 2 N–H and O–H groups in total. The van der Waals surface area contributed by atoms with Crippen LogP contribution in [0.4, 0.5) is 22.7 Å². The number of unbranched alkanes of at least 4 members (excludes halogenated alkanes) is 1. The molecule has 5 nitrogen and oxygen atoms in total. The van der Waals surface area contributed by atoms with Crippen molar-refractivity contribution in [3.63, 3.8) is 0 Å². The number of para-hydroxylation sites is 2. The molecule has 186 valence electrons. The van der Waals surface area contributed by atoms with Gasteiger partial charge >= 0.3 is 0 Å². The van der Waals surface area contributed by atoms with E-state index >= 15 is 0 Å². The van der Waals surface area contributed by atoms with Gasteiger partial charge < -0.3 is 19.5 Å². The molecule has 0 atom stereocenters. The van der Waals surface area contributed by atoms with Crippen LogP contribution in [-0.2, 0) is 0 Å². The van der Waals surface area contributed by atoms with Crippen LogP contribution in [0.3, 0.4) is 0 Å². The molecule has 3 rings (SSSR count). The molecule has 1 fully saturated rings. The van der Waals surface area contributed by atoms with E-state index in [0.29, 0.717) is 0 Å². The maximum atomic E-state index is 4.30. The average molecular weight is 482 g/mol. The standard InChI is InChI=1S/C28H43N5S/c1-8-9-14-26(33-21-12-13-23(33)2)22-31(3)28-16-11-10-15-27(28)30-29-24-17-19-25(20-18-24)32(4)34(5,6)7/h10-11,14-20,29-30H,2,8-9,12-13,21-22H2,1,3-7H3/b26-14-. The Balaban J connectivity index is 1.69. The lowest BCUT2D eigenvalue weighted by molar-refractivity contribution is 0.476. The predicted octanol–water partition coefficient (Wildman–Crippen LogP) is 6.90. The number of likely N-dealkylation sites (tertiary alicyclic amines) is 1. The van der Waals surface area contributed by atoms with E-state index in [1.165, 1.54) is 23.5 Å². The Bertz CT molecular complexity index is 977. The number of hydrazine groups is 1. The van der Waals surface area contributed by atoms with Gasteiger partial charge in [-0.3, -0.25) is 5.43 Å². The van der Waals surface area contributed by atoms with E-state index < -0.39 is 10.2 Å². The minimum absolute atomic E-state index is 0.787. The number of likely N-dealkylation sites (N-methyl/N-ethyl adjacent to an activating group) is 1. The summed E-state index contributed by atoms with van der Waals surface area (Å²) < 4.78 is 2.37. The third-order valence-electron chi connectivity index (χ3n) is 6.35. The number of benzene rings is 2. The second-order valence-corrected chi connectivity index (χ2v) is 13.8. The molecular weight excluding hydrogens is 438 g/mol. The largest absolute Gasteiger partial charge is 0.367 e. The van der Waals surface area contributed by atoms with Crippen molar-refractivity contribution in [1.82, 2.24) is 4.90 Å². The number of allylic oxidation sites excluding steroid dienone is 2. The normalized spacial score (nSPS) is 14.8. The first kappa shape index (κ1) is 25.9. The first-order valence-corrected chi connectivity index (χ1v) is 15.0. The summed E-state index contributed by atoms with van der Waals surface area (Å²) in [6.45, 7) is 8.46. The van der Waals surface area contributed by atoms with Crippen LogP contribution in [0.25, 0.3) is 0 Å². The number of anilines is 4. The number of hydrogen-bond donors (Lipinski definition) is 2. The summed E-state index contributed by atoms with van der Waals surface area (Å²) >= 11 is 0. The molecule has 2 aromatic rings. The molecule has 0 amide bonds. The quantitative estimate of drug-likeness (QED) is 0.341. The van der Waals surface area contributed by atoms with Crippen LogP contribution >= 0.6 is 10.2 Å². The van der Waals surface area contributed by atoms with Crippen LogP contribution in [0.15, 0.2) is 72.6 Å². The Labute approximate surface area is 208 Å². The molecule has 0 unspecified atom stereocenters. The maximum absolute atomic E-state index is 4.30. The monoisotopic (exact) mass is 481 g/mol. The van der Waals surface area contributed by atoms with Crippen molar-refractivity contribution in [2.75, 3.05) is 66.0 Å². The fraction of sp³-hybridized carbons (Fsp3) is 0.429. The van der Waals surface area contributed by atoms with Crippen molar-refractivity contribution >= 4 is 33.0 Å². The minimum atomic E-state index is -0.787. The highest BCUT2D eigenvalue weighted by Crippen LogP contribution is 2.42. The first-order valence-electron chi connectivity index (χ1n) is 12.2. The lowest BCUT2D eigenvalue weighted by Gasteiger charge is -2.39. The SMILES string of the molecule is C=C1CCCN1/C(=C\CCC)CN(C)c1ccccc1NNc1ccc(N(C)S(C)(C)C)cc1. The summed E-state index contributed by atoms with van der Waals surface area (Å²) in [7, 11) is 3.55. The van der Waals surface area contributed by atoms with Gasteiger partial charge in [-0.05, 0) is 74.4 Å². The highest BCUT2D eigenvalue weighted by molar-refractivity contribution is 8.33.